The van der Waals surface area contributed by atoms with E-state index in [1.807, 2.05) is 39.0 Å². The summed E-state index contributed by atoms with van der Waals surface area (Å²) in [4.78, 5) is 10.4. The van der Waals surface area contributed by atoms with E-state index in [9.17, 15) is 0 Å². The molecule has 0 fully saturated rings. The zero-order valence-electron chi connectivity index (χ0n) is 11.8. The monoisotopic (exact) mass is 283 g/mol. The summed E-state index contributed by atoms with van der Waals surface area (Å²) in [5.41, 5.74) is 10.2. The third kappa shape index (κ3) is 2.21. The van der Waals surface area contributed by atoms with E-state index in [2.05, 4.69) is 17.1 Å². The minimum atomic E-state index is 0.0236. The summed E-state index contributed by atoms with van der Waals surface area (Å²) in [5.74, 6) is 0. The van der Waals surface area contributed by atoms with Gasteiger partial charge in [-0.3, -0.25) is 4.98 Å². The summed E-state index contributed by atoms with van der Waals surface area (Å²) in [6.45, 7) is 6.04. The number of pyridine rings is 1. The van der Waals surface area contributed by atoms with Crippen LogP contribution in [-0.4, -0.2) is 9.97 Å². The van der Waals surface area contributed by atoms with Crippen LogP contribution in [0.3, 0.4) is 0 Å². The molecule has 102 valence electrons. The first-order valence-electron chi connectivity index (χ1n) is 6.66. The normalized spacial score (nSPS) is 12.8. The minimum absolute atomic E-state index is 0.0236. The molecule has 0 bridgehead atoms. The van der Waals surface area contributed by atoms with Gasteiger partial charge in [0.2, 0.25) is 0 Å². The molecule has 3 aromatic rings. The van der Waals surface area contributed by atoms with Gasteiger partial charge in [0.15, 0.2) is 0 Å². The predicted octanol–water partition coefficient (Wildman–Crippen LogP) is 3.99. The minimum Gasteiger partial charge on any atom is -0.323 e. The van der Waals surface area contributed by atoms with Crippen LogP contribution in [0.5, 0.6) is 0 Å². The molecule has 2 heterocycles. The van der Waals surface area contributed by atoms with E-state index in [1.165, 1.54) is 0 Å². The van der Waals surface area contributed by atoms with Gasteiger partial charge in [-0.2, -0.15) is 0 Å². The molecule has 0 aliphatic carbocycles. The fourth-order valence-corrected chi connectivity index (χ4v) is 3.48. The molecule has 3 rings (SSSR count). The van der Waals surface area contributed by atoms with Crippen LogP contribution < -0.4 is 5.73 Å². The molecule has 0 spiro atoms. The standard InChI is InChI=1S/C16H17N3S/c1-9-8-13(12-6-4-5-7-14(12)18-9)16-19-11(3)15(20-16)10(2)17/h4-8,10H,17H2,1-3H3. The molecular formula is C16H17N3S. The lowest BCUT2D eigenvalue weighted by atomic mass is 10.1. The number of para-hydroxylation sites is 1. The highest BCUT2D eigenvalue weighted by molar-refractivity contribution is 7.15. The summed E-state index contributed by atoms with van der Waals surface area (Å²) in [6, 6.07) is 10.3. The molecule has 1 unspecified atom stereocenters. The van der Waals surface area contributed by atoms with Crippen molar-refractivity contribution in [2.75, 3.05) is 0 Å². The van der Waals surface area contributed by atoms with E-state index in [1.54, 1.807) is 11.3 Å². The number of benzene rings is 1. The molecule has 1 atom stereocenters. The molecule has 4 heteroatoms. The average Bonchev–Trinajstić information content (AvgIpc) is 2.80. The Balaban J connectivity index is 2.26. The van der Waals surface area contributed by atoms with Crippen molar-refractivity contribution < 1.29 is 0 Å². The second-order valence-electron chi connectivity index (χ2n) is 5.09. The molecule has 0 amide bonds. The van der Waals surface area contributed by atoms with Crippen molar-refractivity contribution in [3.05, 3.63) is 46.6 Å². The second-order valence-corrected chi connectivity index (χ2v) is 6.12. The maximum atomic E-state index is 6.01. The molecule has 0 saturated heterocycles. The van der Waals surface area contributed by atoms with Crippen LogP contribution in [0, 0.1) is 13.8 Å². The molecule has 2 aromatic heterocycles. The Labute approximate surface area is 122 Å². The first kappa shape index (κ1) is 13.2. The van der Waals surface area contributed by atoms with Gasteiger partial charge < -0.3 is 5.73 Å². The van der Waals surface area contributed by atoms with Crippen LogP contribution >= 0.6 is 11.3 Å². The lowest BCUT2D eigenvalue weighted by Gasteiger charge is -2.05. The SMILES string of the molecule is Cc1cc(-c2nc(C)c(C(C)N)s2)c2ccccc2n1. The van der Waals surface area contributed by atoms with E-state index >= 15 is 0 Å². The van der Waals surface area contributed by atoms with Crippen molar-refractivity contribution in [1.29, 1.82) is 0 Å². The molecule has 0 aliphatic heterocycles. The highest BCUT2D eigenvalue weighted by atomic mass is 32.1. The average molecular weight is 283 g/mol. The summed E-state index contributed by atoms with van der Waals surface area (Å²) in [6.07, 6.45) is 0. The molecule has 3 nitrogen and oxygen atoms in total. The van der Waals surface area contributed by atoms with Crippen molar-refractivity contribution in [3.8, 4) is 10.6 Å². The van der Waals surface area contributed by atoms with Gasteiger partial charge in [-0.05, 0) is 32.9 Å². The third-order valence-corrected chi connectivity index (χ3v) is 4.71. The Kier molecular flexibility index (Phi) is 3.28. The summed E-state index contributed by atoms with van der Waals surface area (Å²) < 4.78 is 0. The number of hydrogen-bond acceptors (Lipinski definition) is 4. The second kappa shape index (κ2) is 4.96. The number of nitrogens with zero attached hydrogens (tertiary/aromatic N) is 2. The molecule has 0 saturated carbocycles. The molecule has 1 aromatic carbocycles. The van der Waals surface area contributed by atoms with Gasteiger partial charge >= 0.3 is 0 Å². The van der Waals surface area contributed by atoms with E-state index in [0.717, 1.165) is 37.7 Å². The Morgan fingerprint density at radius 2 is 1.90 bits per heavy atom. The molecule has 20 heavy (non-hydrogen) atoms. The van der Waals surface area contributed by atoms with E-state index in [4.69, 9.17) is 10.7 Å². The highest BCUT2D eigenvalue weighted by Crippen LogP contribution is 2.34. The highest BCUT2D eigenvalue weighted by Gasteiger charge is 2.15. The van der Waals surface area contributed by atoms with Crippen molar-refractivity contribution in [2.24, 2.45) is 5.73 Å². The lowest BCUT2D eigenvalue weighted by Crippen LogP contribution is -2.03. The summed E-state index contributed by atoms with van der Waals surface area (Å²) >= 11 is 1.68. The zero-order valence-corrected chi connectivity index (χ0v) is 12.7. The van der Waals surface area contributed by atoms with Gasteiger partial charge in [0, 0.05) is 27.6 Å². The van der Waals surface area contributed by atoms with Gasteiger partial charge in [0.1, 0.15) is 5.01 Å². The Morgan fingerprint density at radius 1 is 1.15 bits per heavy atom. The summed E-state index contributed by atoms with van der Waals surface area (Å²) in [7, 11) is 0. The van der Waals surface area contributed by atoms with E-state index in [0.29, 0.717) is 0 Å². The van der Waals surface area contributed by atoms with Gasteiger partial charge in [-0.25, -0.2) is 4.98 Å². The largest absolute Gasteiger partial charge is 0.323 e. The van der Waals surface area contributed by atoms with Crippen molar-refractivity contribution in [1.82, 2.24) is 9.97 Å². The van der Waals surface area contributed by atoms with Crippen LogP contribution in [0.2, 0.25) is 0 Å². The zero-order chi connectivity index (χ0) is 14.3. The number of nitrogens with two attached hydrogens (primary N) is 1. The van der Waals surface area contributed by atoms with E-state index in [-0.39, 0.29) is 6.04 Å². The van der Waals surface area contributed by atoms with Gasteiger partial charge in [0.05, 0.1) is 11.2 Å². The lowest BCUT2D eigenvalue weighted by molar-refractivity contribution is 0.825. The maximum absolute atomic E-state index is 6.01. The molecular weight excluding hydrogens is 266 g/mol. The Hall–Kier alpha value is -1.78. The molecule has 2 N–H and O–H groups in total. The number of rotatable bonds is 2. The van der Waals surface area contributed by atoms with Crippen LogP contribution in [0.4, 0.5) is 0 Å². The van der Waals surface area contributed by atoms with Crippen molar-refractivity contribution in [3.63, 3.8) is 0 Å². The quantitative estimate of drug-likeness (QED) is 0.773. The van der Waals surface area contributed by atoms with Crippen LogP contribution in [-0.2, 0) is 0 Å². The maximum Gasteiger partial charge on any atom is 0.124 e. The third-order valence-electron chi connectivity index (χ3n) is 3.32. The Morgan fingerprint density at radius 3 is 2.60 bits per heavy atom. The molecule has 0 aliphatic rings. The van der Waals surface area contributed by atoms with Crippen LogP contribution in [0.1, 0.15) is 29.2 Å². The van der Waals surface area contributed by atoms with E-state index < -0.39 is 0 Å². The van der Waals surface area contributed by atoms with Gasteiger partial charge in [0.25, 0.3) is 0 Å². The number of fused-ring (bicyclic) bond motifs is 1. The number of aromatic nitrogens is 2. The molecule has 0 radical (unpaired) electrons. The number of hydrogen-bond donors (Lipinski definition) is 1. The fraction of sp³-hybridized carbons (Fsp3) is 0.250. The fourth-order valence-electron chi connectivity index (χ4n) is 2.43. The van der Waals surface area contributed by atoms with Gasteiger partial charge in [-0.15, -0.1) is 11.3 Å². The van der Waals surface area contributed by atoms with Crippen molar-refractivity contribution >= 4 is 22.2 Å². The van der Waals surface area contributed by atoms with Crippen LogP contribution in [0.15, 0.2) is 30.3 Å². The number of thiazole rings is 1. The smallest absolute Gasteiger partial charge is 0.124 e. The van der Waals surface area contributed by atoms with Crippen molar-refractivity contribution in [2.45, 2.75) is 26.8 Å². The number of aryl methyl sites for hydroxylation is 2. The van der Waals surface area contributed by atoms with Crippen LogP contribution in [0.25, 0.3) is 21.5 Å². The Bertz CT molecular complexity index is 774. The first-order valence-corrected chi connectivity index (χ1v) is 7.47. The summed E-state index contributed by atoms with van der Waals surface area (Å²) in [5, 5.41) is 2.17. The first-order chi connectivity index (χ1) is 9.56. The predicted molar refractivity (Wildman–Crippen MR) is 84.9 cm³/mol. The topological polar surface area (TPSA) is 51.8 Å². The van der Waals surface area contributed by atoms with Gasteiger partial charge in [-0.1, -0.05) is 18.2 Å².